The molecule has 126 valence electrons. The highest BCUT2D eigenvalue weighted by Gasteiger charge is 1.99. The molecule has 0 unspecified atom stereocenters. The molecule has 0 saturated carbocycles. The second-order valence-electron chi connectivity index (χ2n) is 5.79. The first-order valence-electron chi connectivity index (χ1n) is 8.37. The van der Waals surface area contributed by atoms with Crippen LogP contribution < -0.4 is 0 Å². The van der Waals surface area contributed by atoms with Gasteiger partial charge in [0.05, 0.1) is 0 Å². The molecule has 25 heavy (non-hydrogen) atoms. The van der Waals surface area contributed by atoms with E-state index in [2.05, 4.69) is 86.0 Å². The molecule has 2 radical (unpaired) electrons. The van der Waals surface area contributed by atoms with Crippen molar-refractivity contribution in [2.45, 2.75) is 18.4 Å². The minimum atomic E-state index is 0.293. The molecule has 0 atom stereocenters. The van der Waals surface area contributed by atoms with Crippen molar-refractivity contribution in [2.75, 3.05) is 0 Å². The van der Waals surface area contributed by atoms with Crippen molar-refractivity contribution >= 4 is 32.1 Å². The molecule has 0 nitrogen and oxygen atoms in total. The lowest BCUT2D eigenvalue weighted by atomic mass is 10.1. The molecule has 0 saturated heterocycles. The van der Waals surface area contributed by atoms with Crippen LogP contribution in [0.2, 0.25) is 5.54 Å². The maximum absolute atomic E-state index is 6.11. The normalized spacial score (nSPS) is 12.5. The second-order valence-corrected chi connectivity index (χ2v) is 7.33. The fraction of sp³-hybridized carbons (Fsp3) is 0.130. The van der Waals surface area contributed by atoms with Gasteiger partial charge in [0.1, 0.15) is 0 Å². The first-order chi connectivity index (χ1) is 12.2. The molecule has 2 heteroatoms. The van der Waals surface area contributed by atoms with Gasteiger partial charge in [-0.2, -0.15) is 11.1 Å². The van der Waals surface area contributed by atoms with Gasteiger partial charge in [-0.3, -0.25) is 0 Å². The van der Waals surface area contributed by atoms with Crippen molar-refractivity contribution in [2.24, 2.45) is 0 Å². The molecule has 0 spiro atoms. The molecule has 0 aliphatic rings. The van der Waals surface area contributed by atoms with Gasteiger partial charge in [-0.1, -0.05) is 98.1 Å². The van der Waals surface area contributed by atoms with Crippen LogP contribution in [0.3, 0.4) is 0 Å². The molecule has 0 fully saturated rings. The number of benzene rings is 2. The average molecular weight is 363 g/mol. The van der Waals surface area contributed by atoms with Gasteiger partial charge in [-0.05, 0) is 35.1 Å². The van der Waals surface area contributed by atoms with Gasteiger partial charge >= 0.3 is 0 Å². The van der Waals surface area contributed by atoms with Crippen LogP contribution in [-0.4, -0.2) is 8.83 Å². The van der Waals surface area contributed by atoms with Gasteiger partial charge in [-0.25, -0.2) is 0 Å². The van der Waals surface area contributed by atoms with Gasteiger partial charge in [0.15, 0.2) is 8.83 Å². The number of halogens is 1. The van der Waals surface area contributed by atoms with E-state index in [0.29, 0.717) is 14.4 Å². The average Bonchev–Trinajstić information content (AvgIpc) is 2.67. The highest BCUT2D eigenvalue weighted by atomic mass is 35.6. The standard InChI is InChI=1S/C23H23ClSi/c1-3-19-11-15-21(16-12-19)7-5-9-23(25-24)10-6-8-22-17-13-20(4-2)14-18-22/h3-6,9-18,23H,1-2,7-8H2. The second kappa shape index (κ2) is 10.7. The van der Waals surface area contributed by atoms with Crippen molar-refractivity contribution < 1.29 is 0 Å². The van der Waals surface area contributed by atoms with Crippen LogP contribution in [0.1, 0.15) is 22.3 Å². The SMILES string of the molecule is C=Cc1ccc(CC=CC(C=CCc2ccc(C=C)cc2)[Si]Cl)cc1. The summed E-state index contributed by atoms with van der Waals surface area (Å²) in [6, 6.07) is 16.9. The lowest BCUT2D eigenvalue weighted by molar-refractivity contribution is 1.21. The molecule has 0 aliphatic heterocycles. The maximum Gasteiger partial charge on any atom is 0.183 e. The van der Waals surface area contributed by atoms with E-state index >= 15 is 0 Å². The quantitative estimate of drug-likeness (QED) is 0.270. The van der Waals surface area contributed by atoms with Crippen molar-refractivity contribution in [1.29, 1.82) is 0 Å². The number of allylic oxidation sites excluding steroid dienone is 4. The van der Waals surface area contributed by atoms with Gasteiger partial charge in [0, 0.05) is 5.54 Å². The highest BCUT2D eigenvalue weighted by molar-refractivity contribution is 6.95. The molecule has 2 aromatic rings. The van der Waals surface area contributed by atoms with Gasteiger partial charge < -0.3 is 0 Å². The maximum atomic E-state index is 6.11. The largest absolute Gasteiger partial charge is 0.183 e. The Balaban J connectivity index is 1.85. The molecule has 0 bridgehead atoms. The topological polar surface area (TPSA) is 0 Å². The first kappa shape index (κ1) is 19.2. The van der Waals surface area contributed by atoms with Crippen LogP contribution in [-0.2, 0) is 12.8 Å². The summed E-state index contributed by atoms with van der Waals surface area (Å²) in [6.45, 7) is 7.55. The Morgan fingerprint density at radius 3 is 1.48 bits per heavy atom. The number of hydrogen-bond donors (Lipinski definition) is 0. The fourth-order valence-electron chi connectivity index (χ4n) is 2.42. The summed E-state index contributed by atoms with van der Waals surface area (Å²) in [4.78, 5) is 0. The Morgan fingerprint density at radius 2 is 1.16 bits per heavy atom. The molecular weight excluding hydrogens is 340 g/mol. The third-order valence-electron chi connectivity index (χ3n) is 3.95. The van der Waals surface area contributed by atoms with Crippen molar-refractivity contribution in [3.63, 3.8) is 0 Å². The zero-order valence-electron chi connectivity index (χ0n) is 14.4. The van der Waals surface area contributed by atoms with Crippen molar-refractivity contribution in [3.05, 3.63) is 108 Å². The fourth-order valence-corrected chi connectivity index (χ4v) is 3.27. The lowest BCUT2D eigenvalue weighted by Crippen LogP contribution is -1.91. The summed E-state index contributed by atoms with van der Waals surface area (Å²) in [6.07, 6.45) is 14.4. The third kappa shape index (κ3) is 6.73. The highest BCUT2D eigenvalue weighted by Crippen LogP contribution is 2.13. The van der Waals surface area contributed by atoms with Crippen LogP contribution in [0.5, 0.6) is 0 Å². The molecule has 2 aromatic carbocycles. The van der Waals surface area contributed by atoms with Crippen LogP contribution >= 0.6 is 11.1 Å². The zero-order chi connectivity index (χ0) is 17.9. The Labute approximate surface area is 158 Å². The van der Waals surface area contributed by atoms with Crippen LogP contribution in [0.15, 0.2) is 86.0 Å². The van der Waals surface area contributed by atoms with E-state index in [1.54, 1.807) is 0 Å². The van der Waals surface area contributed by atoms with E-state index < -0.39 is 0 Å². The van der Waals surface area contributed by atoms with Crippen molar-refractivity contribution in [3.8, 4) is 0 Å². The smallest absolute Gasteiger partial charge is 0.170 e. The molecule has 0 amide bonds. The van der Waals surface area contributed by atoms with Crippen LogP contribution in [0, 0.1) is 0 Å². The minimum absolute atomic E-state index is 0.293. The van der Waals surface area contributed by atoms with Crippen LogP contribution in [0.25, 0.3) is 12.2 Å². The van der Waals surface area contributed by atoms with E-state index in [-0.39, 0.29) is 0 Å². The summed E-state index contributed by atoms with van der Waals surface area (Å²) in [5.41, 5.74) is 5.19. The van der Waals surface area contributed by atoms with Gasteiger partial charge in [0.25, 0.3) is 0 Å². The molecular formula is C23H23ClSi. The Morgan fingerprint density at radius 1 is 0.760 bits per heavy atom. The summed E-state index contributed by atoms with van der Waals surface area (Å²) in [7, 11) is 0.352. The summed E-state index contributed by atoms with van der Waals surface area (Å²) < 4.78 is 0. The Bertz CT molecular complexity index is 660. The van der Waals surface area contributed by atoms with E-state index in [1.165, 1.54) is 11.1 Å². The molecule has 0 N–H and O–H groups in total. The lowest BCUT2D eigenvalue weighted by Gasteiger charge is -2.02. The van der Waals surface area contributed by atoms with Gasteiger partial charge in [-0.15, -0.1) is 0 Å². The third-order valence-corrected chi connectivity index (χ3v) is 5.34. The molecule has 2 rings (SSSR count). The van der Waals surface area contributed by atoms with E-state index in [0.717, 1.165) is 24.0 Å². The van der Waals surface area contributed by atoms with E-state index in [1.807, 2.05) is 12.2 Å². The Hall–Kier alpha value is -2.09. The first-order valence-corrected chi connectivity index (χ1v) is 10.5. The number of hydrogen-bond acceptors (Lipinski definition) is 0. The predicted octanol–water partition coefficient (Wildman–Crippen LogP) is 6.52. The molecule has 0 heterocycles. The van der Waals surface area contributed by atoms with Crippen molar-refractivity contribution in [1.82, 2.24) is 0 Å². The zero-order valence-corrected chi connectivity index (χ0v) is 16.1. The number of rotatable bonds is 9. The molecule has 0 aromatic heterocycles. The summed E-state index contributed by atoms with van der Waals surface area (Å²) in [5, 5.41) is 0. The van der Waals surface area contributed by atoms with Crippen LogP contribution in [0.4, 0.5) is 0 Å². The summed E-state index contributed by atoms with van der Waals surface area (Å²) >= 11 is 6.11. The summed E-state index contributed by atoms with van der Waals surface area (Å²) in [5.74, 6) is 0. The van der Waals surface area contributed by atoms with E-state index in [9.17, 15) is 0 Å². The minimum Gasteiger partial charge on any atom is -0.170 e. The predicted molar refractivity (Wildman–Crippen MR) is 114 cm³/mol. The van der Waals surface area contributed by atoms with Gasteiger partial charge in [0.2, 0.25) is 0 Å². The van der Waals surface area contributed by atoms with E-state index in [4.69, 9.17) is 11.1 Å². The monoisotopic (exact) mass is 362 g/mol. The molecule has 0 aliphatic carbocycles. The Kier molecular flexibility index (Phi) is 8.24.